The Morgan fingerprint density at radius 2 is 1.84 bits per heavy atom. The van der Waals surface area contributed by atoms with Crippen molar-refractivity contribution in [3.63, 3.8) is 0 Å². The van der Waals surface area contributed by atoms with Gasteiger partial charge in [-0.25, -0.2) is 0 Å². The third-order valence-electron chi connectivity index (χ3n) is 10.1. The molecule has 3 heterocycles. The fourth-order valence-corrected chi connectivity index (χ4v) is 7.78. The molecule has 7 atom stereocenters. The Balaban J connectivity index is 1.48. The van der Waals surface area contributed by atoms with Crippen LogP contribution in [0, 0.1) is 11.8 Å². The number of benzene rings is 2. The van der Waals surface area contributed by atoms with E-state index in [0.29, 0.717) is 44.3 Å². The maximum Gasteiger partial charge on any atom is 0.313 e. The van der Waals surface area contributed by atoms with Crippen LogP contribution in [-0.2, 0) is 35.1 Å². The van der Waals surface area contributed by atoms with Crippen molar-refractivity contribution in [2.45, 2.75) is 81.8 Å². The van der Waals surface area contributed by atoms with Crippen molar-refractivity contribution in [3.8, 4) is 0 Å². The van der Waals surface area contributed by atoms with Gasteiger partial charge in [0.05, 0.1) is 37.1 Å². The minimum absolute atomic E-state index is 0.0541. The first kappa shape index (κ1) is 36.0. The van der Waals surface area contributed by atoms with Crippen molar-refractivity contribution < 1.29 is 33.8 Å². The quantitative estimate of drug-likeness (QED) is 0.180. The Morgan fingerprint density at radius 1 is 1.12 bits per heavy atom. The van der Waals surface area contributed by atoms with Gasteiger partial charge in [-0.3, -0.25) is 19.2 Å². The maximum atomic E-state index is 14.7. The van der Waals surface area contributed by atoms with Crippen LogP contribution in [0.2, 0.25) is 0 Å². The van der Waals surface area contributed by atoms with Crippen LogP contribution in [0.4, 0.5) is 0 Å². The Labute approximate surface area is 289 Å². The largest absolute Gasteiger partial charge is 0.455 e. The van der Waals surface area contributed by atoms with Gasteiger partial charge >= 0.3 is 5.97 Å². The minimum Gasteiger partial charge on any atom is -0.455 e. The summed E-state index contributed by atoms with van der Waals surface area (Å²) < 4.78 is 12.8. The number of ether oxygens (including phenoxy) is 2. The lowest BCUT2D eigenvalue weighted by atomic mass is 9.70. The number of unbranched alkanes of at least 4 members (excludes halogenated alkanes) is 1. The van der Waals surface area contributed by atoms with E-state index < -0.39 is 47.7 Å². The molecule has 2 aromatic carbocycles. The third kappa shape index (κ3) is 7.50. The number of amides is 3. The Morgan fingerprint density at radius 3 is 2.49 bits per heavy atom. The van der Waals surface area contributed by atoms with Gasteiger partial charge in [0.1, 0.15) is 17.7 Å². The monoisotopic (exact) mass is 671 g/mol. The van der Waals surface area contributed by atoms with E-state index >= 15 is 0 Å². The number of nitrogens with zero attached hydrogens (tertiary/aromatic N) is 2. The summed E-state index contributed by atoms with van der Waals surface area (Å²) in [6, 6.07) is 16.9. The van der Waals surface area contributed by atoms with Crippen molar-refractivity contribution in [2.75, 3.05) is 26.2 Å². The number of carbonyl (C=O) groups is 4. The van der Waals surface area contributed by atoms with Gasteiger partial charge in [0.15, 0.2) is 0 Å². The summed E-state index contributed by atoms with van der Waals surface area (Å²) in [5, 5.41) is 13.6. The molecular formula is C39H49N3O7. The molecule has 3 amide bonds. The van der Waals surface area contributed by atoms with E-state index in [1.807, 2.05) is 67.6 Å². The summed E-state index contributed by atoms with van der Waals surface area (Å²) in [4.78, 5) is 59.3. The number of nitrogens with one attached hydrogen (secondary N) is 1. The second-order valence-electron chi connectivity index (χ2n) is 13.2. The van der Waals surface area contributed by atoms with Gasteiger partial charge in [-0.2, -0.15) is 0 Å². The highest BCUT2D eigenvalue weighted by molar-refractivity contribution is 5.98. The second kappa shape index (κ2) is 16.4. The number of aliphatic hydroxyl groups is 1. The second-order valence-corrected chi connectivity index (χ2v) is 13.2. The van der Waals surface area contributed by atoms with Crippen molar-refractivity contribution in [2.24, 2.45) is 11.8 Å². The van der Waals surface area contributed by atoms with E-state index in [-0.39, 0.29) is 37.3 Å². The van der Waals surface area contributed by atoms with Crippen LogP contribution in [0.3, 0.4) is 0 Å². The maximum absolute atomic E-state index is 14.7. The van der Waals surface area contributed by atoms with Crippen LogP contribution in [0.5, 0.6) is 0 Å². The van der Waals surface area contributed by atoms with Crippen LogP contribution < -0.4 is 5.32 Å². The highest BCUT2D eigenvalue weighted by atomic mass is 16.6. The summed E-state index contributed by atoms with van der Waals surface area (Å²) in [5.74, 6) is -3.38. The fourth-order valence-electron chi connectivity index (χ4n) is 7.78. The van der Waals surface area contributed by atoms with Crippen LogP contribution >= 0.6 is 0 Å². The molecule has 0 aromatic heterocycles. The summed E-state index contributed by atoms with van der Waals surface area (Å²) in [6.45, 7) is 10.0. The molecule has 2 bridgehead atoms. The van der Waals surface area contributed by atoms with Gasteiger partial charge in [-0.15, -0.1) is 13.2 Å². The van der Waals surface area contributed by atoms with Crippen molar-refractivity contribution in [3.05, 3.63) is 97.1 Å². The highest BCUT2D eigenvalue weighted by Gasteiger charge is 2.75. The molecule has 2 aromatic rings. The highest BCUT2D eigenvalue weighted by Crippen LogP contribution is 2.59. The molecule has 49 heavy (non-hydrogen) atoms. The van der Waals surface area contributed by atoms with E-state index in [2.05, 4.69) is 18.5 Å². The predicted molar refractivity (Wildman–Crippen MR) is 185 cm³/mol. The normalized spacial score (nSPS) is 24.9. The lowest BCUT2D eigenvalue weighted by Gasteiger charge is -2.39. The van der Waals surface area contributed by atoms with Crippen molar-refractivity contribution in [1.29, 1.82) is 0 Å². The summed E-state index contributed by atoms with van der Waals surface area (Å²) >= 11 is 0. The standard InChI is InChI=1S/C39H49N3O7/c1-4-7-19-32(44)40-25-31(28-17-13-10-14-18-28)48-38(47)33-30-20-21-39(49-30)34(33)36(45)42(29(26-43)24-27-15-11-9-12-16-27)35(39)37(46)41(22-6-3)23-8-5-2/h4,6,9-18,29-31,33-35,43H,1,3,5,7-8,19-26H2,2H3,(H,40,44)/t29-,30+,31-,33-,34-,35+,39-/m1/s1. The fraction of sp³-hybridized carbons (Fsp3) is 0.487. The average Bonchev–Trinajstić information content (AvgIpc) is 3.77. The minimum atomic E-state index is -1.25. The Kier molecular flexibility index (Phi) is 12.1. The number of carbonyl (C=O) groups excluding carboxylic acids is 4. The molecule has 10 nitrogen and oxygen atoms in total. The number of aliphatic hydroxyl groups excluding tert-OH is 1. The average molecular weight is 672 g/mol. The van der Waals surface area contributed by atoms with Gasteiger partial charge in [0.25, 0.3) is 0 Å². The Hall–Kier alpha value is -4.28. The number of fused-ring (bicyclic) bond motifs is 1. The summed E-state index contributed by atoms with van der Waals surface area (Å²) in [7, 11) is 0. The first-order chi connectivity index (χ1) is 23.8. The molecule has 5 rings (SSSR count). The number of likely N-dealkylation sites (tertiary alicyclic amines) is 1. The predicted octanol–water partition coefficient (Wildman–Crippen LogP) is 4.15. The number of hydrogen-bond acceptors (Lipinski definition) is 7. The molecule has 2 N–H and O–H groups in total. The zero-order chi connectivity index (χ0) is 35.0. The van der Waals surface area contributed by atoms with Gasteiger partial charge < -0.3 is 29.7 Å². The molecule has 3 aliphatic heterocycles. The van der Waals surface area contributed by atoms with Gasteiger partial charge in [0.2, 0.25) is 17.7 Å². The van der Waals surface area contributed by atoms with Crippen molar-refractivity contribution >= 4 is 23.7 Å². The zero-order valence-corrected chi connectivity index (χ0v) is 28.4. The van der Waals surface area contributed by atoms with Crippen LogP contribution in [0.15, 0.2) is 86.0 Å². The molecule has 0 saturated carbocycles. The lowest BCUT2D eigenvalue weighted by Crippen LogP contribution is -2.59. The van der Waals surface area contributed by atoms with E-state index in [1.54, 1.807) is 17.1 Å². The molecule has 0 aliphatic carbocycles. The molecule has 3 aliphatic rings. The Bertz CT molecular complexity index is 1480. The molecule has 3 saturated heterocycles. The number of esters is 1. The zero-order valence-electron chi connectivity index (χ0n) is 28.4. The van der Waals surface area contributed by atoms with Crippen LogP contribution in [0.1, 0.15) is 62.7 Å². The molecule has 1 spiro atoms. The lowest BCUT2D eigenvalue weighted by molar-refractivity contribution is -0.161. The van der Waals surface area contributed by atoms with Gasteiger partial charge in [-0.1, -0.05) is 86.2 Å². The third-order valence-corrected chi connectivity index (χ3v) is 10.1. The topological polar surface area (TPSA) is 125 Å². The first-order valence-electron chi connectivity index (χ1n) is 17.5. The van der Waals surface area contributed by atoms with Gasteiger partial charge in [0, 0.05) is 19.5 Å². The van der Waals surface area contributed by atoms with Crippen LogP contribution in [-0.4, -0.2) is 88.6 Å². The first-order valence-corrected chi connectivity index (χ1v) is 17.5. The molecule has 262 valence electrons. The van der Waals surface area contributed by atoms with E-state index in [4.69, 9.17) is 9.47 Å². The van der Waals surface area contributed by atoms with Crippen molar-refractivity contribution in [1.82, 2.24) is 15.1 Å². The summed E-state index contributed by atoms with van der Waals surface area (Å²) in [6.07, 6.45) is 5.58. The van der Waals surface area contributed by atoms with E-state index in [0.717, 1.165) is 18.4 Å². The van der Waals surface area contributed by atoms with E-state index in [1.165, 1.54) is 4.90 Å². The van der Waals surface area contributed by atoms with E-state index in [9.17, 15) is 24.3 Å². The molecule has 3 fully saturated rings. The summed E-state index contributed by atoms with van der Waals surface area (Å²) in [5.41, 5.74) is 0.357. The molecule has 0 radical (unpaired) electrons. The SMILES string of the molecule is C=CCCC(=O)NC[C@@H](OC(=O)[C@@H]1[C@@H]2CC[C@]3(O2)[C@H](C(=O)N(CC=C)CCCC)N([C@@H](CO)Cc2ccccc2)C(=O)[C@@H]13)c1ccccc1. The molecular weight excluding hydrogens is 622 g/mol. The number of rotatable bonds is 18. The smallest absolute Gasteiger partial charge is 0.313 e. The van der Waals surface area contributed by atoms with Gasteiger partial charge in [-0.05, 0) is 43.2 Å². The molecule has 10 heteroatoms. The number of hydrogen-bond donors (Lipinski definition) is 2. The molecule has 0 unspecified atom stereocenters. The van der Waals surface area contributed by atoms with Crippen LogP contribution in [0.25, 0.3) is 0 Å². The number of allylic oxidation sites excluding steroid dienone is 1.